The van der Waals surface area contributed by atoms with E-state index in [-0.39, 0.29) is 24.5 Å². The van der Waals surface area contributed by atoms with E-state index in [1.54, 1.807) is 12.4 Å². The number of nitrogens with one attached hydrogen (secondary N) is 1. The Morgan fingerprint density at radius 3 is 2.79 bits per heavy atom. The van der Waals surface area contributed by atoms with Crippen molar-refractivity contribution in [3.8, 4) is 0 Å². The fourth-order valence-electron chi connectivity index (χ4n) is 3.12. The average Bonchev–Trinajstić information content (AvgIpc) is 2.97. The molecule has 2 aromatic rings. The zero-order valence-electron chi connectivity index (χ0n) is 13.7. The summed E-state index contributed by atoms with van der Waals surface area (Å²) >= 11 is 0. The maximum Gasteiger partial charge on any atom is 0.270 e. The number of carbonyl (C=O) groups excluding carboxylic acids is 1. The smallest absolute Gasteiger partial charge is 0.270 e. The maximum absolute atomic E-state index is 12.5. The molecule has 1 saturated heterocycles. The van der Waals surface area contributed by atoms with Gasteiger partial charge in [-0.25, -0.2) is 0 Å². The zero-order valence-corrected chi connectivity index (χ0v) is 13.7. The van der Waals surface area contributed by atoms with Crippen LogP contribution in [0.1, 0.15) is 21.7 Å². The van der Waals surface area contributed by atoms with E-state index >= 15 is 0 Å². The topological polar surface area (TPSA) is 78.4 Å². The number of hydrogen-bond donors (Lipinski definition) is 2. The minimum absolute atomic E-state index is 0.0154. The van der Waals surface area contributed by atoms with E-state index in [1.165, 1.54) is 0 Å². The minimum Gasteiger partial charge on any atom is -0.396 e. The standard InChI is InChI=1S/C18H22N4O2/c1-13-5-4-8-20-17(13)18(24)21-16-11-22(9-14(16)12-23)10-15-6-2-3-7-19-15/h2-8,14,16,23H,9-12H2,1H3,(H,21,24)/t14-,16+/m0/s1. The van der Waals surface area contributed by atoms with Crippen LogP contribution in [-0.2, 0) is 6.54 Å². The van der Waals surface area contributed by atoms with Crippen molar-refractivity contribution in [2.75, 3.05) is 19.7 Å². The number of likely N-dealkylation sites (tertiary alicyclic amines) is 1. The van der Waals surface area contributed by atoms with Crippen LogP contribution in [-0.4, -0.2) is 51.6 Å². The number of aryl methyl sites for hydroxylation is 1. The second-order valence-electron chi connectivity index (χ2n) is 6.21. The van der Waals surface area contributed by atoms with Gasteiger partial charge in [-0.3, -0.25) is 19.7 Å². The first-order valence-corrected chi connectivity index (χ1v) is 8.13. The van der Waals surface area contributed by atoms with Crippen LogP contribution < -0.4 is 5.32 Å². The van der Waals surface area contributed by atoms with Crippen molar-refractivity contribution in [3.63, 3.8) is 0 Å². The largest absolute Gasteiger partial charge is 0.396 e. The highest BCUT2D eigenvalue weighted by molar-refractivity contribution is 5.93. The molecule has 1 fully saturated rings. The van der Waals surface area contributed by atoms with Gasteiger partial charge in [0.25, 0.3) is 5.91 Å². The summed E-state index contributed by atoms with van der Waals surface area (Å²) < 4.78 is 0. The Hall–Kier alpha value is -2.31. The molecule has 6 nitrogen and oxygen atoms in total. The average molecular weight is 326 g/mol. The van der Waals surface area contributed by atoms with Crippen LogP contribution in [0, 0.1) is 12.8 Å². The molecule has 3 heterocycles. The van der Waals surface area contributed by atoms with Crippen LogP contribution in [0.25, 0.3) is 0 Å². The van der Waals surface area contributed by atoms with Gasteiger partial charge in [-0.15, -0.1) is 0 Å². The fraction of sp³-hybridized carbons (Fsp3) is 0.389. The zero-order chi connectivity index (χ0) is 16.9. The van der Waals surface area contributed by atoms with Gasteiger partial charge in [0, 0.05) is 50.6 Å². The van der Waals surface area contributed by atoms with Crippen LogP contribution in [0.5, 0.6) is 0 Å². The molecule has 2 atom stereocenters. The second-order valence-corrected chi connectivity index (χ2v) is 6.21. The third kappa shape index (κ3) is 3.77. The van der Waals surface area contributed by atoms with Gasteiger partial charge in [0.15, 0.2) is 0 Å². The molecule has 1 aliphatic rings. The molecule has 126 valence electrons. The van der Waals surface area contributed by atoms with Crippen LogP contribution >= 0.6 is 0 Å². The summed E-state index contributed by atoms with van der Waals surface area (Å²) in [5.41, 5.74) is 2.28. The molecule has 24 heavy (non-hydrogen) atoms. The molecular formula is C18H22N4O2. The summed E-state index contributed by atoms with van der Waals surface area (Å²) in [5.74, 6) is -0.169. The van der Waals surface area contributed by atoms with Crippen molar-refractivity contribution in [1.29, 1.82) is 0 Å². The molecule has 0 spiro atoms. The Kier molecular flexibility index (Phi) is 5.17. The molecule has 0 radical (unpaired) electrons. The van der Waals surface area contributed by atoms with E-state index in [0.29, 0.717) is 18.8 Å². The number of aromatic nitrogens is 2. The first kappa shape index (κ1) is 16.5. The fourth-order valence-corrected chi connectivity index (χ4v) is 3.12. The number of aliphatic hydroxyl groups is 1. The number of aliphatic hydroxyl groups excluding tert-OH is 1. The lowest BCUT2D eigenvalue weighted by atomic mass is 10.0. The van der Waals surface area contributed by atoms with Crippen molar-refractivity contribution in [1.82, 2.24) is 20.2 Å². The summed E-state index contributed by atoms with van der Waals surface area (Å²) in [7, 11) is 0. The Morgan fingerprint density at radius 1 is 1.25 bits per heavy atom. The highest BCUT2D eigenvalue weighted by Crippen LogP contribution is 2.19. The summed E-state index contributed by atoms with van der Waals surface area (Å²) in [6.45, 7) is 4.06. The third-order valence-corrected chi connectivity index (χ3v) is 4.40. The van der Waals surface area contributed by atoms with Crippen LogP contribution in [0.2, 0.25) is 0 Å². The number of rotatable bonds is 5. The highest BCUT2D eigenvalue weighted by Gasteiger charge is 2.33. The van der Waals surface area contributed by atoms with Crippen molar-refractivity contribution in [2.45, 2.75) is 19.5 Å². The molecule has 3 rings (SSSR count). The third-order valence-electron chi connectivity index (χ3n) is 4.40. The number of nitrogens with zero attached hydrogens (tertiary/aromatic N) is 3. The molecule has 6 heteroatoms. The molecule has 0 saturated carbocycles. The molecule has 0 aromatic carbocycles. The van der Waals surface area contributed by atoms with E-state index in [0.717, 1.165) is 17.8 Å². The summed E-state index contributed by atoms with van der Waals surface area (Å²) in [6.07, 6.45) is 3.39. The van der Waals surface area contributed by atoms with E-state index in [9.17, 15) is 9.90 Å². The van der Waals surface area contributed by atoms with Gasteiger partial charge in [-0.2, -0.15) is 0 Å². The Labute approximate surface area is 141 Å². The van der Waals surface area contributed by atoms with Gasteiger partial charge in [-0.05, 0) is 30.7 Å². The van der Waals surface area contributed by atoms with E-state index < -0.39 is 0 Å². The first-order valence-electron chi connectivity index (χ1n) is 8.13. The lowest BCUT2D eigenvalue weighted by Crippen LogP contribution is -2.42. The van der Waals surface area contributed by atoms with Crippen molar-refractivity contribution >= 4 is 5.91 Å². The molecular weight excluding hydrogens is 304 g/mol. The Bertz CT molecular complexity index is 692. The highest BCUT2D eigenvalue weighted by atomic mass is 16.3. The quantitative estimate of drug-likeness (QED) is 0.857. The lowest BCUT2D eigenvalue weighted by molar-refractivity contribution is 0.0915. The summed E-state index contributed by atoms with van der Waals surface area (Å²) in [5, 5.41) is 12.7. The van der Waals surface area contributed by atoms with Gasteiger partial charge in [-0.1, -0.05) is 12.1 Å². The molecule has 0 bridgehead atoms. The van der Waals surface area contributed by atoms with Gasteiger partial charge in [0.05, 0.1) is 5.69 Å². The van der Waals surface area contributed by atoms with Crippen molar-refractivity contribution in [3.05, 3.63) is 59.7 Å². The van der Waals surface area contributed by atoms with Crippen LogP contribution in [0.15, 0.2) is 42.7 Å². The summed E-state index contributed by atoms with van der Waals surface area (Å²) in [4.78, 5) is 23.2. The molecule has 1 aliphatic heterocycles. The van der Waals surface area contributed by atoms with Crippen molar-refractivity contribution < 1.29 is 9.90 Å². The second kappa shape index (κ2) is 7.51. The van der Waals surface area contributed by atoms with Gasteiger partial charge in [0.1, 0.15) is 5.69 Å². The molecule has 0 aliphatic carbocycles. The number of carbonyl (C=O) groups is 1. The Morgan fingerprint density at radius 2 is 2.08 bits per heavy atom. The Balaban J connectivity index is 1.65. The lowest BCUT2D eigenvalue weighted by Gasteiger charge is -2.18. The van der Waals surface area contributed by atoms with Gasteiger partial charge < -0.3 is 10.4 Å². The van der Waals surface area contributed by atoms with Gasteiger partial charge in [0.2, 0.25) is 0 Å². The van der Waals surface area contributed by atoms with Crippen molar-refractivity contribution in [2.24, 2.45) is 5.92 Å². The SMILES string of the molecule is Cc1cccnc1C(=O)N[C@@H]1CN(Cc2ccccn2)C[C@H]1CO. The number of hydrogen-bond acceptors (Lipinski definition) is 5. The predicted molar refractivity (Wildman–Crippen MR) is 90.3 cm³/mol. The molecule has 1 amide bonds. The first-order chi connectivity index (χ1) is 11.7. The molecule has 0 unspecified atom stereocenters. The van der Waals surface area contributed by atoms with Crippen LogP contribution in [0.4, 0.5) is 0 Å². The van der Waals surface area contributed by atoms with E-state index in [4.69, 9.17) is 0 Å². The minimum atomic E-state index is -0.184. The summed E-state index contributed by atoms with van der Waals surface area (Å²) in [6, 6.07) is 9.43. The van der Waals surface area contributed by atoms with Gasteiger partial charge >= 0.3 is 0 Å². The normalized spacial score (nSPS) is 20.9. The monoisotopic (exact) mass is 326 g/mol. The molecule has 2 N–H and O–H groups in total. The van der Waals surface area contributed by atoms with Crippen LogP contribution in [0.3, 0.4) is 0 Å². The van der Waals surface area contributed by atoms with E-state index in [2.05, 4.69) is 20.2 Å². The number of pyridine rings is 2. The molecule has 2 aromatic heterocycles. The van der Waals surface area contributed by atoms with E-state index in [1.807, 2.05) is 37.3 Å². The number of amides is 1. The maximum atomic E-state index is 12.5. The predicted octanol–water partition coefficient (Wildman–Crippen LogP) is 1.01.